The highest BCUT2D eigenvalue weighted by atomic mass is 35.5. The van der Waals surface area contributed by atoms with Gasteiger partial charge >= 0.3 is 5.97 Å². The third kappa shape index (κ3) is 4.12. The fourth-order valence-corrected chi connectivity index (χ4v) is 6.72. The minimum atomic E-state index is -0.686. The Balaban J connectivity index is 0.000000135. The molecule has 0 heterocycles. The van der Waals surface area contributed by atoms with Gasteiger partial charge in [-0.05, 0) is 144 Å². The first kappa shape index (κ1) is 21.7. The van der Waals surface area contributed by atoms with Crippen molar-refractivity contribution in [1.82, 2.24) is 0 Å². The summed E-state index contributed by atoms with van der Waals surface area (Å²) >= 11 is 5.58. The van der Waals surface area contributed by atoms with Gasteiger partial charge in [-0.15, -0.1) is 0 Å². The molecule has 0 spiro atoms. The van der Waals surface area contributed by atoms with Crippen LogP contribution in [0.3, 0.4) is 0 Å². The quantitative estimate of drug-likeness (QED) is 0.646. The normalized spacial score (nSPS) is 17.3. The van der Waals surface area contributed by atoms with Crippen molar-refractivity contribution in [1.29, 1.82) is 0 Å². The molecule has 4 aliphatic rings. The van der Waals surface area contributed by atoms with Gasteiger partial charge in [-0.3, -0.25) is 9.59 Å². The zero-order chi connectivity index (χ0) is 22.2. The van der Waals surface area contributed by atoms with Crippen molar-refractivity contribution in [2.45, 2.75) is 89.9 Å². The molecule has 2 aromatic rings. The molecule has 0 bridgehead atoms. The summed E-state index contributed by atoms with van der Waals surface area (Å²) in [5.41, 5.74) is 13.9. The van der Waals surface area contributed by atoms with E-state index in [2.05, 4.69) is 12.1 Å². The molecule has 0 saturated carbocycles. The molecule has 168 valence electrons. The van der Waals surface area contributed by atoms with Crippen molar-refractivity contribution in [2.75, 3.05) is 0 Å². The zero-order valence-corrected chi connectivity index (χ0v) is 19.5. The molecule has 3 nitrogen and oxygen atoms in total. The number of carbonyl (C=O) groups excluding carboxylic acids is 1. The van der Waals surface area contributed by atoms with E-state index in [-0.39, 0.29) is 11.7 Å². The van der Waals surface area contributed by atoms with Gasteiger partial charge in [0.15, 0.2) is 0 Å². The topological polar surface area (TPSA) is 54.4 Å². The van der Waals surface area contributed by atoms with E-state index >= 15 is 0 Å². The Bertz CT molecular complexity index is 947. The average molecular weight is 451 g/mol. The number of carboxylic acid groups (broad SMARTS) is 1. The van der Waals surface area contributed by atoms with Crippen LogP contribution in [0.4, 0.5) is 0 Å². The smallest absolute Gasteiger partial charge is 0.307 e. The highest BCUT2D eigenvalue weighted by molar-refractivity contribution is 6.63. The molecule has 2 aromatic carbocycles. The van der Waals surface area contributed by atoms with Gasteiger partial charge in [-0.2, -0.15) is 0 Å². The minimum absolute atomic E-state index is 0.214. The van der Waals surface area contributed by atoms with Gasteiger partial charge in [0.2, 0.25) is 5.24 Å². The van der Waals surface area contributed by atoms with Gasteiger partial charge in [0.1, 0.15) is 0 Å². The van der Waals surface area contributed by atoms with E-state index in [1.807, 2.05) is 0 Å². The summed E-state index contributed by atoms with van der Waals surface area (Å²) in [6.45, 7) is 0. The maximum atomic E-state index is 11.2. The molecule has 0 saturated heterocycles. The Morgan fingerprint density at radius 1 is 0.625 bits per heavy atom. The number of halogens is 1. The summed E-state index contributed by atoms with van der Waals surface area (Å²) in [6, 6.07) is 4.73. The number of benzene rings is 2. The van der Waals surface area contributed by atoms with Crippen molar-refractivity contribution in [3.8, 4) is 0 Å². The number of hydrogen-bond acceptors (Lipinski definition) is 2. The molecule has 4 heteroatoms. The summed E-state index contributed by atoms with van der Waals surface area (Å²) in [5.74, 6) is -0.686. The van der Waals surface area contributed by atoms with Gasteiger partial charge in [-0.1, -0.05) is 12.1 Å². The predicted octanol–water partition coefficient (Wildman–Crippen LogP) is 5.26. The van der Waals surface area contributed by atoms with E-state index in [4.69, 9.17) is 16.7 Å². The first-order chi connectivity index (χ1) is 15.5. The maximum Gasteiger partial charge on any atom is 0.307 e. The number of hydrogen-bond donors (Lipinski definition) is 1. The van der Waals surface area contributed by atoms with E-state index in [1.165, 1.54) is 88.6 Å². The first-order valence-electron chi connectivity index (χ1n) is 12.2. The highest BCUT2D eigenvalue weighted by Crippen LogP contribution is 2.36. The van der Waals surface area contributed by atoms with Crippen LogP contribution in [0.15, 0.2) is 12.1 Å². The van der Waals surface area contributed by atoms with E-state index in [0.29, 0.717) is 6.42 Å². The Hall–Kier alpha value is -2.13. The molecule has 0 atom stereocenters. The highest BCUT2D eigenvalue weighted by Gasteiger charge is 2.25. The number of carbonyl (C=O) groups is 2. The SMILES string of the molecule is O=C(Cl)Cc1c2c(cc3c1CCC3)CCC2.O=C(O)Cc1c2c(cc3c1CCC3)CCC2. The van der Waals surface area contributed by atoms with Gasteiger partial charge in [0, 0.05) is 6.42 Å². The lowest BCUT2D eigenvalue weighted by molar-refractivity contribution is -0.136. The average Bonchev–Trinajstić information content (AvgIpc) is 3.53. The monoisotopic (exact) mass is 450 g/mol. The van der Waals surface area contributed by atoms with E-state index in [1.54, 1.807) is 0 Å². The Morgan fingerprint density at radius 3 is 1.28 bits per heavy atom. The van der Waals surface area contributed by atoms with Crippen molar-refractivity contribution in [2.24, 2.45) is 0 Å². The molecule has 4 aliphatic carbocycles. The summed E-state index contributed by atoms with van der Waals surface area (Å²) in [6.07, 6.45) is 14.7. The van der Waals surface area contributed by atoms with Gasteiger partial charge < -0.3 is 5.11 Å². The van der Waals surface area contributed by atoms with Crippen LogP contribution in [-0.4, -0.2) is 16.3 Å². The predicted molar refractivity (Wildman–Crippen MR) is 127 cm³/mol. The third-order valence-corrected chi connectivity index (χ3v) is 7.97. The summed E-state index contributed by atoms with van der Waals surface area (Å²) in [4.78, 5) is 22.1. The van der Waals surface area contributed by atoms with Crippen molar-refractivity contribution < 1.29 is 14.7 Å². The second-order valence-electron chi connectivity index (χ2n) is 9.78. The largest absolute Gasteiger partial charge is 0.481 e. The number of aliphatic carboxylic acids is 1. The van der Waals surface area contributed by atoms with Crippen LogP contribution < -0.4 is 0 Å². The summed E-state index contributed by atoms with van der Waals surface area (Å²) in [7, 11) is 0. The van der Waals surface area contributed by atoms with Crippen LogP contribution >= 0.6 is 11.6 Å². The van der Waals surface area contributed by atoms with Crippen molar-refractivity contribution >= 4 is 22.8 Å². The summed E-state index contributed by atoms with van der Waals surface area (Å²) in [5, 5.41) is 8.82. The van der Waals surface area contributed by atoms with Crippen LogP contribution in [0.1, 0.15) is 81.3 Å². The van der Waals surface area contributed by atoms with Crippen LogP contribution in [0.5, 0.6) is 0 Å². The first-order valence-corrected chi connectivity index (χ1v) is 12.6. The fraction of sp³-hybridized carbons (Fsp3) is 0.500. The standard InChI is InChI=1S/C14H15ClO.C14H16O2/c2*15-14(16)8-13-11-5-1-3-9(11)7-10-4-2-6-12(10)13/h7H,1-6,8H2;7H,1-6,8H2,(H,15,16). The molecule has 1 N–H and O–H groups in total. The fourth-order valence-electron chi connectivity index (χ4n) is 6.59. The molecule has 0 aromatic heterocycles. The minimum Gasteiger partial charge on any atom is -0.481 e. The number of aryl methyl sites for hydroxylation is 4. The van der Waals surface area contributed by atoms with Crippen LogP contribution in [-0.2, 0) is 73.8 Å². The second-order valence-corrected chi connectivity index (χ2v) is 10.2. The van der Waals surface area contributed by atoms with Gasteiger partial charge in [0.05, 0.1) is 6.42 Å². The van der Waals surface area contributed by atoms with Crippen LogP contribution in [0.2, 0.25) is 0 Å². The Morgan fingerprint density at radius 2 is 0.969 bits per heavy atom. The van der Waals surface area contributed by atoms with E-state index in [9.17, 15) is 9.59 Å². The number of fused-ring (bicyclic) bond motifs is 4. The zero-order valence-electron chi connectivity index (χ0n) is 18.7. The number of rotatable bonds is 4. The second kappa shape index (κ2) is 9.02. The molecule has 0 unspecified atom stereocenters. The van der Waals surface area contributed by atoms with E-state index < -0.39 is 5.97 Å². The molecule has 0 amide bonds. The lowest BCUT2D eigenvalue weighted by Gasteiger charge is -2.13. The van der Waals surface area contributed by atoms with Crippen LogP contribution in [0.25, 0.3) is 0 Å². The Labute approximate surface area is 195 Å². The lowest BCUT2D eigenvalue weighted by Crippen LogP contribution is -2.07. The van der Waals surface area contributed by atoms with Crippen LogP contribution in [0, 0.1) is 0 Å². The molecule has 32 heavy (non-hydrogen) atoms. The van der Waals surface area contributed by atoms with Gasteiger partial charge in [0.25, 0.3) is 0 Å². The van der Waals surface area contributed by atoms with Gasteiger partial charge in [-0.25, -0.2) is 0 Å². The molecule has 6 rings (SSSR count). The molecule has 0 fully saturated rings. The summed E-state index contributed by atoms with van der Waals surface area (Å²) < 4.78 is 0. The molecule has 0 radical (unpaired) electrons. The molecular formula is C28H31ClO3. The van der Waals surface area contributed by atoms with Crippen molar-refractivity contribution in [3.63, 3.8) is 0 Å². The third-order valence-electron chi connectivity index (χ3n) is 7.84. The molecular weight excluding hydrogens is 420 g/mol. The van der Waals surface area contributed by atoms with E-state index in [0.717, 1.165) is 44.1 Å². The Kier molecular flexibility index (Phi) is 6.11. The maximum absolute atomic E-state index is 11.2. The lowest BCUT2D eigenvalue weighted by atomic mass is 9.92. The number of carboxylic acids is 1. The van der Waals surface area contributed by atoms with Crippen molar-refractivity contribution in [3.05, 3.63) is 67.8 Å². The molecule has 0 aliphatic heterocycles.